The molecule has 0 radical (unpaired) electrons. The molecule has 0 saturated carbocycles. The minimum absolute atomic E-state index is 0.688. The number of thioether (sulfide) groups is 1. The number of aryl methyl sites for hydroxylation is 1. The fraction of sp³-hybridized carbons (Fsp3) is 0.348. The molecule has 0 unspecified atom stereocenters. The van der Waals surface area contributed by atoms with Crippen molar-refractivity contribution in [3.05, 3.63) is 48.0 Å². The minimum atomic E-state index is 0.688. The molecule has 0 N–H and O–H groups in total. The normalized spacial score (nSPS) is 13.8. The van der Waals surface area contributed by atoms with Crippen LogP contribution in [0.2, 0.25) is 0 Å². The fourth-order valence-corrected chi connectivity index (χ4v) is 5.10. The van der Waals surface area contributed by atoms with Crippen molar-refractivity contribution in [1.29, 1.82) is 5.26 Å². The molecule has 0 amide bonds. The molecule has 1 saturated heterocycles. The zero-order valence-corrected chi connectivity index (χ0v) is 18.5. The Balaban J connectivity index is 1.75. The van der Waals surface area contributed by atoms with E-state index in [-0.39, 0.29) is 0 Å². The molecule has 1 aliphatic rings. The molecule has 0 spiro atoms. The number of hydrogen-bond donors (Lipinski definition) is 0. The molecule has 1 aliphatic heterocycles. The van der Waals surface area contributed by atoms with Gasteiger partial charge in [0.25, 0.3) is 0 Å². The fourth-order valence-electron chi connectivity index (χ4n) is 3.84. The number of benzene rings is 2. The van der Waals surface area contributed by atoms with E-state index >= 15 is 0 Å². The second-order valence-electron chi connectivity index (χ2n) is 6.94. The van der Waals surface area contributed by atoms with Crippen molar-refractivity contribution in [2.75, 3.05) is 35.2 Å². The lowest BCUT2D eigenvalue weighted by atomic mass is 10.1. The lowest BCUT2D eigenvalue weighted by Gasteiger charge is -2.16. The van der Waals surface area contributed by atoms with Gasteiger partial charge in [-0.15, -0.1) is 0 Å². The van der Waals surface area contributed by atoms with Gasteiger partial charge in [0.2, 0.25) is 0 Å². The molecule has 29 heavy (non-hydrogen) atoms. The first-order chi connectivity index (χ1) is 14.3. The zero-order chi connectivity index (χ0) is 20.2. The summed E-state index contributed by atoms with van der Waals surface area (Å²) in [6.45, 7) is 4.71. The summed E-state index contributed by atoms with van der Waals surface area (Å²) in [4.78, 5) is 0. The highest BCUT2D eigenvalue weighted by atomic mass is 32.2. The van der Waals surface area contributed by atoms with Gasteiger partial charge in [0.05, 0.1) is 23.4 Å². The molecular formula is C23H25N3OS2. The summed E-state index contributed by atoms with van der Waals surface area (Å²) in [6.07, 6.45) is 3.31. The highest BCUT2D eigenvalue weighted by molar-refractivity contribution is 8.00. The van der Waals surface area contributed by atoms with Gasteiger partial charge in [0.15, 0.2) is 0 Å². The highest BCUT2D eigenvalue weighted by Gasteiger charge is 2.19. The van der Waals surface area contributed by atoms with Crippen LogP contribution >= 0.6 is 23.7 Å². The molecule has 3 aromatic rings. The minimum Gasteiger partial charge on any atom is -0.493 e. The van der Waals surface area contributed by atoms with Crippen molar-refractivity contribution < 1.29 is 4.74 Å². The average Bonchev–Trinajstić information content (AvgIpc) is 3.40. The maximum Gasteiger partial charge on any atom is 0.121 e. The number of fused-ring (bicyclic) bond motifs is 1. The van der Waals surface area contributed by atoms with Gasteiger partial charge >= 0.3 is 0 Å². The summed E-state index contributed by atoms with van der Waals surface area (Å²) in [7, 11) is 0. The molecule has 0 atom stereocenters. The lowest BCUT2D eigenvalue weighted by Crippen LogP contribution is -2.08. The maximum atomic E-state index is 9.95. The van der Waals surface area contributed by atoms with Crippen LogP contribution in [0.25, 0.3) is 22.2 Å². The smallest absolute Gasteiger partial charge is 0.121 e. The summed E-state index contributed by atoms with van der Waals surface area (Å²) >= 11 is 3.66. The van der Waals surface area contributed by atoms with Crippen LogP contribution in [0.3, 0.4) is 0 Å². The van der Waals surface area contributed by atoms with Gasteiger partial charge in [-0.1, -0.05) is 12.1 Å². The van der Waals surface area contributed by atoms with Gasteiger partial charge in [-0.2, -0.15) is 17.0 Å². The van der Waals surface area contributed by atoms with Gasteiger partial charge in [-0.3, -0.25) is 0 Å². The molecule has 2 aromatic carbocycles. The SMILES string of the molecule is CCn1c(-c2ccc(N3CCCS3)cc2)c(C#N)c2ccc(OCCSC)cc21. The van der Waals surface area contributed by atoms with E-state index in [9.17, 15) is 5.26 Å². The summed E-state index contributed by atoms with van der Waals surface area (Å²) in [6, 6.07) is 17.1. The van der Waals surface area contributed by atoms with E-state index in [2.05, 4.69) is 58.5 Å². The van der Waals surface area contributed by atoms with Crippen molar-refractivity contribution in [2.24, 2.45) is 0 Å². The van der Waals surface area contributed by atoms with Crippen LogP contribution in [0, 0.1) is 11.3 Å². The quantitative estimate of drug-likeness (QED) is 0.355. The predicted molar refractivity (Wildman–Crippen MR) is 126 cm³/mol. The Morgan fingerprint density at radius 2 is 2.03 bits per heavy atom. The Bertz CT molecular complexity index is 1030. The number of rotatable bonds is 7. The molecule has 2 heterocycles. The summed E-state index contributed by atoms with van der Waals surface area (Å²) in [5.41, 5.74) is 5.10. The Morgan fingerprint density at radius 1 is 1.21 bits per heavy atom. The zero-order valence-electron chi connectivity index (χ0n) is 16.9. The molecule has 0 bridgehead atoms. The van der Waals surface area contributed by atoms with Crippen LogP contribution < -0.4 is 9.04 Å². The highest BCUT2D eigenvalue weighted by Crippen LogP contribution is 2.37. The summed E-state index contributed by atoms with van der Waals surface area (Å²) in [5, 5.41) is 10.9. The summed E-state index contributed by atoms with van der Waals surface area (Å²) < 4.78 is 10.5. The third kappa shape index (κ3) is 3.94. The predicted octanol–water partition coefficient (Wildman–Crippen LogP) is 5.80. The number of aromatic nitrogens is 1. The maximum absolute atomic E-state index is 9.95. The third-order valence-electron chi connectivity index (χ3n) is 5.20. The van der Waals surface area contributed by atoms with E-state index in [1.165, 1.54) is 17.9 Å². The number of ether oxygens (including phenoxy) is 1. The second kappa shape index (κ2) is 9.06. The van der Waals surface area contributed by atoms with Crippen molar-refractivity contribution in [1.82, 2.24) is 4.57 Å². The number of anilines is 1. The van der Waals surface area contributed by atoms with Crippen molar-refractivity contribution in [2.45, 2.75) is 19.9 Å². The van der Waals surface area contributed by atoms with Crippen LogP contribution in [0.4, 0.5) is 5.69 Å². The Hall–Kier alpha value is -2.23. The molecular weight excluding hydrogens is 398 g/mol. The second-order valence-corrected chi connectivity index (χ2v) is 9.03. The van der Waals surface area contributed by atoms with Crippen LogP contribution in [0.5, 0.6) is 5.75 Å². The molecule has 0 aliphatic carbocycles. The first-order valence-electron chi connectivity index (χ1n) is 9.95. The van der Waals surface area contributed by atoms with Crippen molar-refractivity contribution >= 4 is 40.3 Å². The van der Waals surface area contributed by atoms with Crippen molar-refractivity contribution in [3.63, 3.8) is 0 Å². The van der Waals surface area contributed by atoms with Gasteiger partial charge in [-0.25, -0.2) is 0 Å². The van der Waals surface area contributed by atoms with E-state index in [0.717, 1.165) is 52.3 Å². The number of nitrogens with zero attached hydrogens (tertiary/aromatic N) is 3. The lowest BCUT2D eigenvalue weighted by molar-refractivity contribution is 0.344. The van der Waals surface area contributed by atoms with E-state index in [0.29, 0.717) is 6.61 Å². The topological polar surface area (TPSA) is 41.2 Å². The average molecular weight is 424 g/mol. The van der Waals surface area contributed by atoms with E-state index < -0.39 is 0 Å². The van der Waals surface area contributed by atoms with E-state index in [1.54, 1.807) is 11.8 Å². The molecule has 1 aromatic heterocycles. The van der Waals surface area contributed by atoms with Gasteiger partial charge < -0.3 is 13.6 Å². The van der Waals surface area contributed by atoms with Crippen molar-refractivity contribution in [3.8, 4) is 23.1 Å². The summed E-state index contributed by atoms with van der Waals surface area (Å²) in [5.74, 6) is 3.01. The van der Waals surface area contributed by atoms with Crippen LogP contribution in [-0.2, 0) is 6.54 Å². The number of hydrogen-bond acceptors (Lipinski definition) is 5. The first-order valence-corrected chi connectivity index (χ1v) is 12.3. The molecule has 150 valence electrons. The number of nitriles is 1. The largest absolute Gasteiger partial charge is 0.493 e. The van der Waals surface area contributed by atoms with E-state index in [1.807, 2.05) is 24.1 Å². The Kier molecular flexibility index (Phi) is 6.27. The molecule has 1 fully saturated rings. The Labute approximate surface area is 181 Å². The van der Waals surface area contributed by atoms with Crippen LogP contribution in [0.15, 0.2) is 42.5 Å². The van der Waals surface area contributed by atoms with E-state index in [4.69, 9.17) is 4.74 Å². The van der Waals surface area contributed by atoms with Gasteiger partial charge in [-0.05, 0) is 61.4 Å². The third-order valence-corrected chi connectivity index (χ3v) is 6.95. The first kappa shape index (κ1) is 20.1. The molecule has 4 nitrogen and oxygen atoms in total. The van der Waals surface area contributed by atoms with Crippen LogP contribution in [0.1, 0.15) is 18.9 Å². The van der Waals surface area contributed by atoms with Gasteiger partial charge in [0.1, 0.15) is 11.8 Å². The van der Waals surface area contributed by atoms with Crippen LogP contribution in [-0.4, -0.2) is 35.5 Å². The Morgan fingerprint density at radius 3 is 2.69 bits per heavy atom. The molecule has 6 heteroatoms. The van der Waals surface area contributed by atoms with Gasteiger partial charge in [0, 0.05) is 41.7 Å². The molecule has 4 rings (SSSR count). The standard InChI is InChI=1S/C23H25N3OS2/c1-3-25-22-15-19(27-12-14-28-2)9-10-20(22)21(16-24)23(25)17-5-7-18(8-6-17)26-11-4-13-29-26/h5-10,15H,3-4,11-14H2,1-2H3. The monoisotopic (exact) mass is 423 g/mol.